The van der Waals surface area contributed by atoms with Gasteiger partial charge in [0.05, 0.1) is 0 Å². The fraction of sp³-hybridized carbons (Fsp3) is 0.462. The second-order valence-electron chi connectivity index (χ2n) is 4.68. The maximum Gasteiger partial charge on any atom is 0.254 e. The fourth-order valence-electron chi connectivity index (χ4n) is 2.41. The van der Waals surface area contributed by atoms with Crippen molar-refractivity contribution >= 4 is 11.9 Å². The van der Waals surface area contributed by atoms with E-state index >= 15 is 0 Å². The minimum atomic E-state index is 0.653. The lowest BCUT2D eigenvalue weighted by Crippen LogP contribution is -2.02. The van der Waals surface area contributed by atoms with Gasteiger partial charge in [0.15, 0.2) is 0 Å². The topological polar surface area (TPSA) is 43.1 Å². The molecule has 0 aromatic carbocycles. The van der Waals surface area contributed by atoms with E-state index in [2.05, 4.69) is 27.3 Å². The highest BCUT2D eigenvalue weighted by molar-refractivity contribution is 5.48. The third-order valence-electron chi connectivity index (χ3n) is 3.38. The van der Waals surface area contributed by atoms with Crippen molar-refractivity contribution < 1.29 is 0 Å². The van der Waals surface area contributed by atoms with Gasteiger partial charge in [0.25, 0.3) is 5.78 Å². The van der Waals surface area contributed by atoms with Crippen molar-refractivity contribution in [2.75, 3.05) is 0 Å². The molecule has 1 aliphatic rings. The molecular weight excluding hydrogens is 212 g/mol. The molecule has 88 valence electrons. The summed E-state index contributed by atoms with van der Waals surface area (Å²) in [5.74, 6) is 1.40. The summed E-state index contributed by atoms with van der Waals surface area (Å²) in [5, 5.41) is 7.71. The van der Waals surface area contributed by atoms with Crippen LogP contribution in [-0.4, -0.2) is 19.6 Å². The summed E-state index contributed by atoms with van der Waals surface area (Å²) >= 11 is 0. The molecule has 0 radical (unpaired) electrons. The van der Waals surface area contributed by atoms with Gasteiger partial charge in [-0.15, -0.1) is 10.2 Å². The minimum absolute atomic E-state index is 0.653. The van der Waals surface area contributed by atoms with Crippen LogP contribution in [0.2, 0.25) is 0 Å². The first kappa shape index (κ1) is 10.4. The Balaban J connectivity index is 1.76. The smallest absolute Gasteiger partial charge is 0.254 e. The molecule has 3 rings (SSSR count). The Morgan fingerprint density at radius 3 is 3.00 bits per heavy atom. The van der Waals surface area contributed by atoms with Gasteiger partial charge in [0.1, 0.15) is 6.33 Å². The van der Waals surface area contributed by atoms with E-state index in [-0.39, 0.29) is 0 Å². The monoisotopic (exact) mass is 228 g/mol. The average molecular weight is 228 g/mol. The highest BCUT2D eigenvalue weighted by Gasteiger charge is 2.09. The zero-order valence-corrected chi connectivity index (χ0v) is 9.79. The molecule has 0 saturated heterocycles. The van der Waals surface area contributed by atoms with E-state index in [0.717, 1.165) is 11.5 Å². The van der Waals surface area contributed by atoms with Gasteiger partial charge < -0.3 is 0 Å². The Morgan fingerprint density at radius 1 is 1.24 bits per heavy atom. The molecule has 2 aromatic heterocycles. The fourth-order valence-corrected chi connectivity index (χ4v) is 2.41. The number of fused-ring (bicyclic) bond motifs is 1. The third kappa shape index (κ3) is 2.35. The Morgan fingerprint density at radius 2 is 2.12 bits per heavy atom. The van der Waals surface area contributed by atoms with Crippen LogP contribution < -0.4 is 0 Å². The van der Waals surface area contributed by atoms with Crippen molar-refractivity contribution in [3.63, 3.8) is 0 Å². The van der Waals surface area contributed by atoms with E-state index in [1.165, 1.54) is 32.1 Å². The summed E-state index contributed by atoms with van der Waals surface area (Å²) in [4.78, 5) is 4.24. The SMILES string of the molecule is C(=C\C1CCCCC1)/c1cnc2nncn2c1. The van der Waals surface area contributed by atoms with E-state index in [1.54, 1.807) is 6.33 Å². The summed E-state index contributed by atoms with van der Waals surface area (Å²) in [5.41, 5.74) is 1.11. The Hall–Kier alpha value is -1.71. The molecule has 0 unspecified atom stereocenters. The van der Waals surface area contributed by atoms with E-state index in [1.807, 2.05) is 16.8 Å². The molecule has 4 nitrogen and oxygen atoms in total. The van der Waals surface area contributed by atoms with Crippen molar-refractivity contribution in [1.82, 2.24) is 19.6 Å². The lowest BCUT2D eigenvalue weighted by atomic mass is 9.89. The van der Waals surface area contributed by atoms with Gasteiger partial charge in [0, 0.05) is 18.0 Å². The van der Waals surface area contributed by atoms with Crippen molar-refractivity contribution in [2.24, 2.45) is 5.92 Å². The second-order valence-corrected chi connectivity index (χ2v) is 4.68. The van der Waals surface area contributed by atoms with Crippen LogP contribution in [0, 0.1) is 5.92 Å². The summed E-state index contributed by atoms with van der Waals surface area (Å²) < 4.78 is 1.85. The molecule has 17 heavy (non-hydrogen) atoms. The molecule has 1 fully saturated rings. The predicted molar refractivity (Wildman–Crippen MR) is 66.4 cm³/mol. The van der Waals surface area contributed by atoms with Crippen molar-refractivity contribution in [3.05, 3.63) is 30.4 Å². The molecule has 0 atom stereocenters. The van der Waals surface area contributed by atoms with Gasteiger partial charge >= 0.3 is 0 Å². The third-order valence-corrected chi connectivity index (χ3v) is 3.38. The molecule has 2 heterocycles. The van der Waals surface area contributed by atoms with Gasteiger partial charge in [-0.25, -0.2) is 4.98 Å². The average Bonchev–Trinajstić information content (AvgIpc) is 2.85. The van der Waals surface area contributed by atoms with E-state index in [9.17, 15) is 0 Å². The maximum absolute atomic E-state index is 4.24. The van der Waals surface area contributed by atoms with Gasteiger partial charge in [-0.05, 0) is 18.8 Å². The van der Waals surface area contributed by atoms with Crippen LogP contribution >= 0.6 is 0 Å². The zero-order valence-electron chi connectivity index (χ0n) is 9.79. The number of hydrogen-bond acceptors (Lipinski definition) is 3. The van der Waals surface area contributed by atoms with Crippen LogP contribution in [0.25, 0.3) is 11.9 Å². The van der Waals surface area contributed by atoms with Gasteiger partial charge in [0.2, 0.25) is 0 Å². The normalized spacial score (nSPS) is 18.1. The molecule has 0 N–H and O–H groups in total. The molecule has 1 aliphatic carbocycles. The van der Waals surface area contributed by atoms with Crippen molar-refractivity contribution in [1.29, 1.82) is 0 Å². The van der Waals surface area contributed by atoms with Crippen LogP contribution in [0.4, 0.5) is 0 Å². The Labute approximate surface area is 100 Å². The van der Waals surface area contributed by atoms with E-state index in [0.29, 0.717) is 5.78 Å². The lowest BCUT2D eigenvalue weighted by molar-refractivity contribution is 0.420. The second kappa shape index (κ2) is 4.65. The molecule has 2 aromatic rings. The first-order valence-corrected chi connectivity index (χ1v) is 6.25. The first-order valence-electron chi connectivity index (χ1n) is 6.25. The van der Waals surface area contributed by atoms with Crippen LogP contribution in [0.15, 0.2) is 24.8 Å². The quantitative estimate of drug-likeness (QED) is 0.793. The summed E-state index contributed by atoms with van der Waals surface area (Å²) in [6, 6.07) is 0. The predicted octanol–water partition coefficient (Wildman–Crippen LogP) is 2.72. The molecule has 4 heteroatoms. The highest BCUT2D eigenvalue weighted by Crippen LogP contribution is 2.25. The molecular formula is C13H16N4. The summed E-state index contributed by atoms with van der Waals surface area (Å²) in [7, 11) is 0. The largest absolute Gasteiger partial charge is 0.272 e. The van der Waals surface area contributed by atoms with Gasteiger partial charge in [-0.1, -0.05) is 31.4 Å². The maximum atomic E-state index is 4.24. The molecule has 0 aliphatic heterocycles. The summed E-state index contributed by atoms with van der Waals surface area (Å²) in [6.45, 7) is 0. The Bertz CT molecular complexity index is 523. The van der Waals surface area contributed by atoms with Gasteiger partial charge in [-0.3, -0.25) is 4.40 Å². The van der Waals surface area contributed by atoms with Crippen LogP contribution in [0.5, 0.6) is 0 Å². The standard InChI is InChI=1S/C13H16N4/c1-2-4-11(5-3-1)6-7-12-8-14-13-16-15-10-17(13)9-12/h6-11H,1-5H2/b7-6+. The van der Waals surface area contributed by atoms with Crippen LogP contribution in [0.1, 0.15) is 37.7 Å². The number of rotatable bonds is 2. The van der Waals surface area contributed by atoms with Crippen LogP contribution in [0.3, 0.4) is 0 Å². The number of aromatic nitrogens is 4. The molecule has 0 bridgehead atoms. The Kier molecular flexibility index (Phi) is 2.86. The van der Waals surface area contributed by atoms with Crippen molar-refractivity contribution in [3.8, 4) is 0 Å². The number of nitrogens with zero attached hydrogens (tertiary/aromatic N) is 4. The van der Waals surface area contributed by atoms with E-state index in [4.69, 9.17) is 0 Å². The van der Waals surface area contributed by atoms with Gasteiger partial charge in [-0.2, -0.15) is 0 Å². The molecule has 1 saturated carbocycles. The first-order chi connectivity index (χ1) is 8.42. The number of hydrogen-bond donors (Lipinski definition) is 0. The number of allylic oxidation sites excluding steroid dienone is 1. The highest BCUT2D eigenvalue weighted by atomic mass is 15.3. The minimum Gasteiger partial charge on any atom is -0.272 e. The zero-order chi connectivity index (χ0) is 11.5. The molecule has 0 spiro atoms. The lowest BCUT2D eigenvalue weighted by Gasteiger charge is -2.17. The van der Waals surface area contributed by atoms with Crippen molar-refractivity contribution in [2.45, 2.75) is 32.1 Å². The molecule has 0 amide bonds. The van der Waals surface area contributed by atoms with Crippen LogP contribution in [-0.2, 0) is 0 Å². The van der Waals surface area contributed by atoms with E-state index < -0.39 is 0 Å². The summed E-state index contributed by atoms with van der Waals surface area (Å²) in [6.07, 6.45) is 16.9.